The molecule has 1 saturated heterocycles. The van der Waals surface area contributed by atoms with Gasteiger partial charge in [0, 0.05) is 28.7 Å². The van der Waals surface area contributed by atoms with Gasteiger partial charge in [-0.15, -0.1) is 0 Å². The number of benzene rings is 3. The third-order valence-corrected chi connectivity index (χ3v) is 5.80. The van der Waals surface area contributed by atoms with E-state index >= 15 is 0 Å². The third-order valence-electron chi connectivity index (χ3n) is 5.27. The minimum absolute atomic E-state index is 0.0536. The van der Waals surface area contributed by atoms with Gasteiger partial charge in [-0.25, -0.2) is 0 Å². The van der Waals surface area contributed by atoms with E-state index in [2.05, 4.69) is 15.9 Å². The normalized spacial score (nSPS) is 17.5. The molecule has 1 aliphatic rings. The first-order valence-corrected chi connectivity index (χ1v) is 10.5. The maximum Gasteiger partial charge on any atom is 0.295 e. The minimum atomic E-state index is -0.807. The zero-order chi connectivity index (χ0) is 22.8. The van der Waals surface area contributed by atoms with Crippen molar-refractivity contribution >= 4 is 39.1 Å². The van der Waals surface area contributed by atoms with Crippen LogP contribution in [0.2, 0.25) is 0 Å². The number of aliphatic hydroxyl groups is 1. The lowest BCUT2D eigenvalue weighted by atomic mass is 9.95. The number of nitro groups is 1. The van der Waals surface area contributed by atoms with Crippen molar-refractivity contribution in [3.8, 4) is 0 Å². The number of likely N-dealkylation sites (tertiary alicyclic amines) is 1. The summed E-state index contributed by atoms with van der Waals surface area (Å²) in [5.41, 5.74) is 1.52. The number of rotatable bonds is 5. The number of Topliss-reactive ketones (excluding diaryl/α,β-unsaturated/α-hetero) is 1. The zero-order valence-electron chi connectivity index (χ0n) is 16.6. The Morgan fingerprint density at radius 1 is 0.969 bits per heavy atom. The topological polar surface area (TPSA) is 101 Å². The lowest BCUT2D eigenvalue weighted by Gasteiger charge is -2.25. The van der Waals surface area contributed by atoms with Crippen LogP contribution in [0.4, 0.5) is 5.69 Å². The van der Waals surface area contributed by atoms with Crippen molar-refractivity contribution in [2.75, 3.05) is 0 Å². The Morgan fingerprint density at radius 3 is 2.19 bits per heavy atom. The second-order valence-electron chi connectivity index (χ2n) is 7.27. The second kappa shape index (κ2) is 8.76. The molecule has 1 N–H and O–H groups in total. The summed E-state index contributed by atoms with van der Waals surface area (Å²) in [7, 11) is 0. The SMILES string of the molecule is O=C1C(=O)N(Cc2ccccc2)[C@@H](c2ccc(Br)cc2)C1=C(O)c1ccc([N+](=O)[O-])cc1. The molecule has 1 atom stereocenters. The number of aliphatic hydroxyl groups excluding tert-OH is 1. The lowest BCUT2D eigenvalue weighted by Crippen LogP contribution is -2.29. The fourth-order valence-electron chi connectivity index (χ4n) is 3.71. The van der Waals surface area contributed by atoms with Crippen LogP contribution in [0.15, 0.2) is 88.9 Å². The number of halogens is 1. The molecular weight excluding hydrogens is 476 g/mol. The van der Waals surface area contributed by atoms with E-state index in [1.54, 1.807) is 24.3 Å². The number of non-ortho nitro benzene ring substituents is 1. The molecule has 0 spiro atoms. The van der Waals surface area contributed by atoms with Gasteiger partial charge in [-0.2, -0.15) is 0 Å². The summed E-state index contributed by atoms with van der Waals surface area (Å²) in [6, 6.07) is 20.8. The molecular formula is C24H17BrN2O5. The van der Waals surface area contributed by atoms with Crippen LogP contribution in [-0.4, -0.2) is 26.6 Å². The predicted octanol–water partition coefficient (Wildman–Crippen LogP) is 4.98. The molecule has 32 heavy (non-hydrogen) atoms. The van der Waals surface area contributed by atoms with Gasteiger partial charge in [0.2, 0.25) is 0 Å². The maximum absolute atomic E-state index is 13.0. The quantitative estimate of drug-likeness (QED) is 0.178. The summed E-state index contributed by atoms with van der Waals surface area (Å²) < 4.78 is 0.830. The number of carbonyl (C=O) groups excluding carboxylic acids is 2. The highest BCUT2D eigenvalue weighted by atomic mass is 79.9. The smallest absolute Gasteiger partial charge is 0.295 e. The highest BCUT2D eigenvalue weighted by Crippen LogP contribution is 2.40. The molecule has 1 heterocycles. The first-order chi connectivity index (χ1) is 15.4. The molecule has 160 valence electrons. The summed E-state index contributed by atoms with van der Waals surface area (Å²) in [6.07, 6.45) is 0. The van der Waals surface area contributed by atoms with Crippen LogP contribution in [0.3, 0.4) is 0 Å². The first kappa shape index (κ1) is 21.5. The fraction of sp³-hybridized carbons (Fsp3) is 0.0833. The Labute approximate surface area is 191 Å². The van der Waals surface area contributed by atoms with E-state index < -0.39 is 22.7 Å². The molecule has 0 bridgehead atoms. The van der Waals surface area contributed by atoms with Crippen molar-refractivity contribution in [1.29, 1.82) is 0 Å². The molecule has 3 aromatic rings. The van der Waals surface area contributed by atoms with Crippen LogP contribution in [-0.2, 0) is 16.1 Å². The standard InChI is InChI=1S/C24H17BrN2O5/c25-18-10-6-16(7-11-18)21-20(22(28)17-8-12-19(13-9-17)27(31)32)23(29)24(30)26(21)14-15-4-2-1-3-5-15/h1-13,21,28H,14H2/t21-/m0/s1. The third kappa shape index (κ3) is 4.04. The van der Waals surface area contributed by atoms with Gasteiger partial charge < -0.3 is 10.0 Å². The predicted molar refractivity (Wildman–Crippen MR) is 122 cm³/mol. The second-order valence-corrected chi connectivity index (χ2v) is 8.18. The summed E-state index contributed by atoms with van der Waals surface area (Å²) >= 11 is 3.38. The van der Waals surface area contributed by atoms with Crippen molar-refractivity contribution in [3.63, 3.8) is 0 Å². The van der Waals surface area contributed by atoms with Crippen molar-refractivity contribution < 1.29 is 19.6 Å². The highest BCUT2D eigenvalue weighted by Gasteiger charge is 2.46. The molecule has 8 heteroatoms. The van der Waals surface area contributed by atoms with E-state index in [4.69, 9.17) is 0 Å². The van der Waals surface area contributed by atoms with Gasteiger partial charge in [-0.3, -0.25) is 19.7 Å². The number of nitro benzene ring substituents is 1. The summed E-state index contributed by atoms with van der Waals surface area (Å²) in [4.78, 5) is 37.8. The van der Waals surface area contributed by atoms with Gasteiger partial charge in [0.15, 0.2) is 0 Å². The Morgan fingerprint density at radius 2 is 1.59 bits per heavy atom. The van der Waals surface area contributed by atoms with Gasteiger partial charge >= 0.3 is 0 Å². The number of hydrogen-bond acceptors (Lipinski definition) is 5. The zero-order valence-corrected chi connectivity index (χ0v) is 18.2. The average molecular weight is 493 g/mol. The maximum atomic E-state index is 13.0. The Kier molecular flexibility index (Phi) is 5.87. The number of nitrogens with zero attached hydrogens (tertiary/aromatic N) is 2. The van der Waals surface area contributed by atoms with Crippen LogP contribution in [0.25, 0.3) is 5.76 Å². The first-order valence-electron chi connectivity index (χ1n) is 9.69. The molecule has 0 aromatic heterocycles. The Hall–Kier alpha value is -3.78. The molecule has 1 aliphatic heterocycles. The van der Waals surface area contributed by atoms with Gasteiger partial charge in [-0.05, 0) is 35.4 Å². The van der Waals surface area contributed by atoms with Crippen molar-refractivity contribution in [3.05, 3.63) is 116 Å². The number of hydrogen-bond donors (Lipinski definition) is 1. The van der Waals surface area contributed by atoms with E-state index in [0.717, 1.165) is 10.0 Å². The van der Waals surface area contributed by atoms with E-state index in [1.165, 1.54) is 29.2 Å². The number of ketones is 1. The Balaban J connectivity index is 1.84. The summed E-state index contributed by atoms with van der Waals surface area (Å²) in [5.74, 6) is -1.89. The molecule has 4 rings (SSSR count). The van der Waals surface area contributed by atoms with Crippen LogP contribution in [0, 0.1) is 10.1 Å². The molecule has 0 unspecified atom stereocenters. The molecule has 1 fully saturated rings. The van der Waals surface area contributed by atoms with Crippen LogP contribution in [0.5, 0.6) is 0 Å². The monoisotopic (exact) mass is 492 g/mol. The summed E-state index contributed by atoms with van der Waals surface area (Å²) in [5, 5.41) is 21.9. The van der Waals surface area contributed by atoms with E-state index in [1.807, 2.05) is 30.3 Å². The highest BCUT2D eigenvalue weighted by molar-refractivity contribution is 9.10. The van der Waals surface area contributed by atoms with E-state index in [0.29, 0.717) is 5.56 Å². The average Bonchev–Trinajstić information content (AvgIpc) is 3.05. The van der Waals surface area contributed by atoms with Crippen molar-refractivity contribution in [2.45, 2.75) is 12.6 Å². The van der Waals surface area contributed by atoms with Crippen LogP contribution in [0.1, 0.15) is 22.7 Å². The largest absolute Gasteiger partial charge is 0.507 e. The number of carbonyl (C=O) groups is 2. The molecule has 0 aliphatic carbocycles. The van der Waals surface area contributed by atoms with Gasteiger partial charge in [0.05, 0.1) is 16.5 Å². The molecule has 7 nitrogen and oxygen atoms in total. The lowest BCUT2D eigenvalue weighted by molar-refractivity contribution is -0.384. The van der Waals surface area contributed by atoms with Gasteiger partial charge in [-0.1, -0.05) is 58.4 Å². The number of amides is 1. The Bertz CT molecular complexity index is 1220. The van der Waals surface area contributed by atoms with Crippen molar-refractivity contribution in [1.82, 2.24) is 4.90 Å². The van der Waals surface area contributed by atoms with E-state index in [9.17, 15) is 24.8 Å². The van der Waals surface area contributed by atoms with Gasteiger partial charge in [0.25, 0.3) is 17.4 Å². The fourth-order valence-corrected chi connectivity index (χ4v) is 3.98. The minimum Gasteiger partial charge on any atom is -0.507 e. The van der Waals surface area contributed by atoms with Crippen LogP contribution >= 0.6 is 15.9 Å². The molecule has 1 amide bonds. The van der Waals surface area contributed by atoms with Gasteiger partial charge in [0.1, 0.15) is 5.76 Å². The molecule has 0 radical (unpaired) electrons. The van der Waals surface area contributed by atoms with Crippen LogP contribution < -0.4 is 0 Å². The molecule has 3 aromatic carbocycles. The molecule has 0 saturated carbocycles. The summed E-state index contributed by atoms with van der Waals surface area (Å²) in [6.45, 7) is 0.184. The van der Waals surface area contributed by atoms with Crippen molar-refractivity contribution in [2.24, 2.45) is 0 Å². The van der Waals surface area contributed by atoms with E-state index in [-0.39, 0.29) is 29.1 Å².